The summed E-state index contributed by atoms with van der Waals surface area (Å²) in [5, 5.41) is 27.3. The van der Waals surface area contributed by atoms with E-state index in [0.29, 0.717) is 31.3 Å². The Morgan fingerprint density at radius 2 is 0.661 bits per heavy atom. The Morgan fingerprint density at radius 1 is 0.363 bits per heavy atom. The highest BCUT2D eigenvalue weighted by Crippen LogP contribution is 2.33. The number of imidazole rings is 6. The highest BCUT2D eigenvalue weighted by molar-refractivity contribution is 5.73. The fraction of sp³-hybridized carbons (Fsp3) is 0.348. The lowest BCUT2D eigenvalue weighted by atomic mass is 9.94. The smallest absolute Gasteiger partial charge is 0.310 e. The van der Waals surface area contributed by atoms with Crippen LogP contribution in [-0.2, 0) is 52.5 Å². The van der Waals surface area contributed by atoms with E-state index in [2.05, 4.69) is 36.8 Å². The van der Waals surface area contributed by atoms with Gasteiger partial charge in [-0.1, -0.05) is 86.1 Å². The molecule has 124 heavy (non-hydrogen) atoms. The van der Waals surface area contributed by atoms with Crippen LogP contribution in [0.4, 0.5) is 0 Å². The monoisotopic (exact) mass is 1700 g/mol. The molecule has 0 saturated heterocycles. The summed E-state index contributed by atoms with van der Waals surface area (Å²) in [5.74, 6) is 0.910. The number of nitrogens with zero attached hydrogens (tertiary/aromatic N) is 12. The lowest BCUT2D eigenvalue weighted by molar-refractivity contribution is -0.146. The van der Waals surface area contributed by atoms with Crippen molar-refractivity contribution in [3.8, 4) is 34.5 Å². The van der Waals surface area contributed by atoms with Gasteiger partial charge >= 0.3 is 35.8 Å². The van der Waals surface area contributed by atoms with Gasteiger partial charge in [-0.15, -0.1) is 0 Å². The van der Waals surface area contributed by atoms with Crippen LogP contribution < -0.4 is 28.4 Å². The van der Waals surface area contributed by atoms with Crippen molar-refractivity contribution in [3.05, 3.63) is 291 Å². The predicted molar refractivity (Wildman–Crippen MR) is 460 cm³/mol. The molecule has 0 amide bonds. The van der Waals surface area contributed by atoms with Crippen LogP contribution in [0.5, 0.6) is 34.5 Å². The van der Waals surface area contributed by atoms with E-state index in [9.17, 15) is 28.8 Å². The first-order valence-electron chi connectivity index (χ1n) is 40.0. The average molecular weight is 1710 g/mol. The molecule has 0 aliphatic rings. The summed E-state index contributed by atoms with van der Waals surface area (Å²) >= 11 is 0. The number of esters is 3. The summed E-state index contributed by atoms with van der Waals surface area (Å²) in [4.78, 5) is 92.4. The molecule has 6 aromatic heterocycles. The van der Waals surface area contributed by atoms with Crippen molar-refractivity contribution >= 4 is 35.8 Å². The molecule has 32 heteroatoms. The summed E-state index contributed by atoms with van der Waals surface area (Å²) in [6.07, 6.45) is 33.4. The van der Waals surface area contributed by atoms with Crippen LogP contribution in [0.25, 0.3) is 0 Å². The van der Waals surface area contributed by atoms with Crippen molar-refractivity contribution in [2.45, 2.75) is 135 Å². The lowest BCUT2D eigenvalue weighted by Gasteiger charge is -2.24. The topological polar surface area (TPSA) is 372 Å². The lowest BCUT2D eigenvalue weighted by Crippen LogP contribution is -2.25. The fourth-order valence-corrected chi connectivity index (χ4v) is 12.6. The first kappa shape index (κ1) is 97.2. The second kappa shape index (κ2) is 52.3. The van der Waals surface area contributed by atoms with E-state index >= 15 is 0 Å². The molecule has 6 aromatic carbocycles. The third-order valence-corrected chi connectivity index (χ3v) is 18.8. The molecule has 0 radical (unpaired) electrons. The largest absolute Gasteiger partial charge is 0.497 e. The fourth-order valence-electron chi connectivity index (χ4n) is 12.6. The highest BCUT2D eigenvalue weighted by atomic mass is 16.7. The summed E-state index contributed by atoms with van der Waals surface area (Å²) in [5.41, 5.74) is 5.45. The zero-order valence-electron chi connectivity index (χ0n) is 71.9. The van der Waals surface area contributed by atoms with E-state index in [1.165, 1.54) is 14.2 Å². The molecule has 660 valence electrons. The predicted octanol–water partition coefficient (Wildman–Crippen LogP) is 15.3. The molecule has 12 aromatic rings. The van der Waals surface area contributed by atoms with Gasteiger partial charge in [0, 0.05) is 81.0 Å². The van der Waals surface area contributed by atoms with E-state index in [0.717, 1.165) is 69.2 Å². The van der Waals surface area contributed by atoms with Gasteiger partial charge in [-0.2, -0.15) is 0 Å². The number of hydrogen-bond acceptors (Lipinski definition) is 23. The summed E-state index contributed by atoms with van der Waals surface area (Å²) in [7, 11) is 7.66. The third kappa shape index (κ3) is 32.9. The van der Waals surface area contributed by atoms with Gasteiger partial charge in [0.15, 0.2) is 13.6 Å². The zero-order chi connectivity index (χ0) is 89.6. The van der Waals surface area contributed by atoms with E-state index in [1.807, 2.05) is 200 Å². The number of methoxy groups -OCH3 is 5. The number of benzene rings is 6. The average Bonchev–Trinajstić information content (AvgIpc) is 1.36. The highest BCUT2D eigenvalue weighted by Gasteiger charge is 2.29. The summed E-state index contributed by atoms with van der Waals surface area (Å²) in [6, 6.07) is 43.9. The van der Waals surface area contributed by atoms with Crippen LogP contribution in [0, 0.1) is 5.92 Å². The van der Waals surface area contributed by atoms with E-state index < -0.39 is 17.9 Å². The van der Waals surface area contributed by atoms with E-state index in [1.54, 1.807) is 148 Å². The maximum absolute atomic E-state index is 11.9. The minimum absolute atomic E-state index is 0.00328. The Bertz CT molecular complexity index is 4940. The molecule has 0 fully saturated rings. The van der Waals surface area contributed by atoms with Gasteiger partial charge in [-0.3, -0.25) is 28.8 Å². The molecule has 0 aliphatic heterocycles. The van der Waals surface area contributed by atoms with Crippen LogP contribution >= 0.6 is 0 Å². The number of unbranched alkanes of at least 4 members (excludes halogenated alkanes) is 1. The molecule has 3 N–H and O–H groups in total. The number of aromatic nitrogens is 12. The molecule has 6 heterocycles. The number of rotatable bonds is 39. The van der Waals surface area contributed by atoms with Crippen molar-refractivity contribution in [3.63, 3.8) is 0 Å². The van der Waals surface area contributed by atoms with Gasteiger partial charge in [0.05, 0.1) is 161 Å². The van der Waals surface area contributed by atoms with Gasteiger partial charge in [0.25, 0.3) is 0 Å². The van der Waals surface area contributed by atoms with E-state index in [4.69, 9.17) is 67.4 Å². The number of carbonyl (C=O) groups is 6. The first-order valence-corrected chi connectivity index (χ1v) is 40.0. The Labute approximate surface area is 721 Å². The van der Waals surface area contributed by atoms with Crippen LogP contribution in [0.3, 0.4) is 0 Å². The molecule has 12 rings (SSSR count). The zero-order valence-corrected chi connectivity index (χ0v) is 71.9. The Kier molecular flexibility index (Phi) is 41.0. The van der Waals surface area contributed by atoms with Gasteiger partial charge in [-0.05, 0) is 154 Å². The molecule has 0 bridgehead atoms. The molecule has 7 atom stereocenters. The second-order valence-corrected chi connectivity index (χ2v) is 28.5. The van der Waals surface area contributed by atoms with Gasteiger partial charge in [-0.25, -0.2) is 29.9 Å². The minimum atomic E-state index is -0.856. The summed E-state index contributed by atoms with van der Waals surface area (Å²) < 4.78 is 68.3. The molecule has 7 unspecified atom stereocenters. The van der Waals surface area contributed by atoms with Crippen LogP contribution in [0.15, 0.2) is 258 Å². The molecule has 0 aliphatic carbocycles. The number of carbonyl (C=O) groups excluding carboxylic acids is 3. The number of ether oxygens (including phenoxy) is 11. The molecular weight excluding hydrogens is 1590 g/mol. The second-order valence-electron chi connectivity index (χ2n) is 28.5. The van der Waals surface area contributed by atoms with Crippen molar-refractivity contribution in [2.75, 3.05) is 69.0 Å². The minimum Gasteiger partial charge on any atom is -0.497 e. The molecule has 32 nitrogen and oxygen atoms in total. The molecule has 0 spiro atoms. The first-order chi connectivity index (χ1) is 59.9. The van der Waals surface area contributed by atoms with Crippen LogP contribution in [-0.4, -0.2) is 183 Å². The van der Waals surface area contributed by atoms with Gasteiger partial charge in [0.2, 0.25) is 0 Å². The Balaban J connectivity index is 0.000000205. The Hall–Kier alpha value is -13.9. The summed E-state index contributed by atoms with van der Waals surface area (Å²) in [6.45, 7) is 15.7. The van der Waals surface area contributed by atoms with Crippen molar-refractivity contribution in [2.24, 2.45) is 5.92 Å². The SMILES string of the molecule is CC(C)(C)Oc1ccc(C(CC(=O)O)n2ccnc2)cc1.CCCCOCOc1ccc(C(CC(=O)O)n2ccnc2)cc1.CCOC(=O)CC(c1ccc(OC)cc1)n1ccnc1.CCOCOc1ccc(C(CC(=O)O)n2ccnc2)cc1.COC(=O)C(C)C(c1ccc(OC)cc1)n1ccnc1.COC(=O)CC(c1ccc(OC)cc1)n1ccnc1. The number of carboxylic acids is 3. The third-order valence-electron chi connectivity index (χ3n) is 18.8. The van der Waals surface area contributed by atoms with Crippen LogP contribution in [0.1, 0.15) is 163 Å². The normalized spacial score (nSPS) is 12.4. The number of carboxylic acid groups (broad SMARTS) is 3. The maximum atomic E-state index is 11.9. The molecule has 0 saturated carbocycles. The van der Waals surface area contributed by atoms with Gasteiger partial charge in [0.1, 0.15) is 40.1 Å². The van der Waals surface area contributed by atoms with E-state index in [-0.39, 0.29) is 111 Å². The number of hydrogen-bond donors (Lipinski definition) is 3. The van der Waals surface area contributed by atoms with Crippen molar-refractivity contribution < 1.29 is 96.2 Å². The maximum Gasteiger partial charge on any atom is 0.310 e. The van der Waals surface area contributed by atoms with Crippen molar-refractivity contribution in [1.82, 2.24) is 57.3 Å². The van der Waals surface area contributed by atoms with Crippen LogP contribution in [0.2, 0.25) is 0 Å². The van der Waals surface area contributed by atoms with Gasteiger partial charge < -0.3 is 94.8 Å². The quantitative estimate of drug-likeness (QED) is 0.0139. The number of aliphatic carboxylic acids is 3. The standard InChI is InChI=1S/C17H22N2O4.C16H20N2O3.C15H18N2O4.2C15H18N2O3.C14H16N2O3/c1-2-3-10-22-13-23-15-6-4-14(5-7-15)16(11-17(20)21)19-9-8-18-12-19;1-16(2,3)21-13-6-4-12(5-7-13)14(10-15(19)20)18-9-8-17-11-18;1-2-20-11-21-13-5-3-12(4-6-13)14(9-15(18)19)17-8-7-16-10-17;1-11(15(18)20-3)14(17-9-8-16-10-17)12-4-6-13(19-2)7-5-12;1-3-20-15(18)10-14(17-9-8-16-11-17)12-4-6-13(19-2)7-5-12;1-18-12-5-3-11(4-6-12)13(9-14(17)19-2)16-8-7-15-10-16/h4-9,12,16H,2-3,10-11,13H2,1H3,(H,20,21);4-9,11,14H,10H2,1-3H3,(H,19,20);3-8,10,14H,2,9,11H2,1H3,(H,18,19);4-11,14H,1-3H3;4-9,11,14H,3,10H2,1-2H3;3-8,10,13H,9H2,1-2H3. The van der Waals surface area contributed by atoms with Crippen molar-refractivity contribution in [1.29, 1.82) is 0 Å². The Morgan fingerprint density at radius 3 is 0.935 bits per heavy atom. The molecular formula is C92H112N12O20.